The van der Waals surface area contributed by atoms with Gasteiger partial charge >= 0.3 is 0 Å². The maximum absolute atomic E-state index is 13.9. The molecule has 34 heavy (non-hydrogen) atoms. The summed E-state index contributed by atoms with van der Waals surface area (Å²) in [4.78, 5) is 30.1. The van der Waals surface area contributed by atoms with E-state index in [0.717, 1.165) is 31.6 Å². The minimum absolute atomic E-state index is 0.109. The van der Waals surface area contributed by atoms with E-state index in [4.69, 9.17) is 4.74 Å². The minimum atomic E-state index is -0.308. The van der Waals surface area contributed by atoms with Crippen LogP contribution in [0.3, 0.4) is 0 Å². The van der Waals surface area contributed by atoms with Gasteiger partial charge < -0.3 is 4.74 Å². The predicted octanol–water partition coefficient (Wildman–Crippen LogP) is 5.26. The van der Waals surface area contributed by atoms with E-state index in [0.29, 0.717) is 24.2 Å². The largest absolute Gasteiger partial charge is 0.377 e. The van der Waals surface area contributed by atoms with Crippen molar-refractivity contribution < 1.29 is 14.3 Å². The molecule has 0 N–H and O–H groups in total. The number of carbonyl (C=O) groups excluding carboxylic acids is 2. The first-order valence-electron chi connectivity index (χ1n) is 12.3. The van der Waals surface area contributed by atoms with E-state index >= 15 is 0 Å². The van der Waals surface area contributed by atoms with Gasteiger partial charge in [0.05, 0.1) is 6.10 Å². The van der Waals surface area contributed by atoms with E-state index in [9.17, 15) is 9.59 Å². The highest BCUT2D eigenvalue weighted by molar-refractivity contribution is 6.02. The second-order valence-corrected chi connectivity index (χ2v) is 9.46. The molecule has 3 aromatic carbocycles. The van der Waals surface area contributed by atoms with E-state index in [2.05, 4.69) is 17.0 Å². The number of hydrogen-bond acceptors (Lipinski definition) is 4. The zero-order valence-corrected chi connectivity index (χ0v) is 19.4. The van der Waals surface area contributed by atoms with Crippen molar-refractivity contribution in [2.75, 3.05) is 26.2 Å². The average molecular weight is 454 g/mol. The summed E-state index contributed by atoms with van der Waals surface area (Å²) in [6, 6.07) is 29.2. The van der Waals surface area contributed by atoms with Crippen LogP contribution < -0.4 is 0 Å². The molecule has 0 saturated carbocycles. The van der Waals surface area contributed by atoms with Gasteiger partial charge in [0, 0.05) is 55.1 Å². The van der Waals surface area contributed by atoms with Gasteiger partial charge in [-0.25, -0.2) is 0 Å². The monoisotopic (exact) mass is 453 g/mol. The Bertz CT molecular complexity index is 1030. The zero-order chi connectivity index (χ0) is 23.3. The Morgan fingerprint density at radius 3 is 1.71 bits per heavy atom. The van der Waals surface area contributed by atoms with Crippen molar-refractivity contribution in [2.45, 2.75) is 24.9 Å². The van der Waals surface area contributed by atoms with Gasteiger partial charge in [-0.05, 0) is 18.4 Å². The lowest BCUT2D eigenvalue weighted by atomic mass is 9.68. The number of nitrogens with zero attached hydrogens (tertiary/aromatic N) is 1. The second-order valence-electron chi connectivity index (χ2n) is 9.46. The van der Waals surface area contributed by atoms with Crippen molar-refractivity contribution in [1.29, 1.82) is 0 Å². The molecule has 2 saturated heterocycles. The lowest BCUT2D eigenvalue weighted by Crippen LogP contribution is -2.52. The molecule has 0 bridgehead atoms. The minimum Gasteiger partial charge on any atom is -0.377 e. The standard InChI is InChI=1S/C30H31NO3/c32-29(23-13-6-2-7-14-23)26-20-31(19-25-17-10-18-34-25)21-27(28(26)22-11-4-1-5-12-22)30(33)24-15-8-3-9-16-24/h1-9,11-16,25-28H,10,17-21H2/t25?,26-,27+,28?. The Morgan fingerprint density at radius 1 is 0.735 bits per heavy atom. The summed E-state index contributed by atoms with van der Waals surface area (Å²) in [5, 5.41) is 0. The third-order valence-electron chi connectivity index (χ3n) is 7.24. The van der Waals surface area contributed by atoms with Crippen LogP contribution in [0, 0.1) is 11.8 Å². The molecule has 0 spiro atoms. The number of Topliss-reactive ketones (excluding diaryl/α,β-unsaturated/α-hetero) is 2. The van der Waals surface area contributed by atoms with Gasteiger partial charge in [-0.15, -0.1) is 0 Å². The normalized spacial score (nSPS) is 25.2. The molecule has 2 heterocycles. The topological polar surface area (TPSA) is 46.6 Å². The van der Waals surface area contributed by atoms with Gasteiger partial charge in [0.2, 0.25) is 0 Å². The number of ether oxygens (including phenoxy) is 1. The van der Waals surface area contributed by atoms with Crippen LogP contribution >= 0.6 is 0 Å². The summed E-state index contributed by atoms with van der Waals surface area (Å²) in [5.74, 6) is -0.577. The van der Waals surface area contributed by atoms with Crippen LogP contribution in [0.25, 0.3) is 0 Å². The number of benzene rings is 3. The van der Waals surface area contributed by atoms with Crippen LogP contribution in [0.5, 0.6) is 0 Å². The highest BCUT2D eigenvalue weighted by atomic mass is 16.5. The number of carbonyl (C=O) groups is 2. The highest BCUT2D eigenvalue weighted by Gasteiger charge is 2.45. The van der Waals surface area contributed by atoms with Crippen molar-refractivity contribution in [2.24, 2.45) is 11.8 Å². The number of rotatable bonds is 7. The summed E-state index contributed by atoms with van der Waals surface area (Å²) in [5.41, 5.74) is 2.47. The highest BCUT2D eigenvalue weighted by Crippen LogP contribution is 2.41. The molecule has 2 fully saturated rings. The molecule has 5 rings (SSSR count). The van der Waals surface area contributed by atoms with Crippen LogP contribution in [-0.4, -0.2) is 48.8 Å². The Hall–Kier alpha value is -3.08. The summed E-state index contributed by atoms with van der Waals surface area (Å²) in [6.07, 6.45) is 2.28. The summed E-state index contributed by atoms with van der Waals surface area (Å²) < 4.78 is 5.92. The van der Waals surface area contributed by atoms with Gasteiger partial charge in [0.25, 0.3) is 0 Å². The first-order chi connectivity index (χ1) is 16.7. The average Bonchev–Trinajstić information content (AvgIpc) is 3.42. The molecule has 0 aliphatic carbocycles. The number of hydrogen-bond donors (Lipinski definition) is 0. The molecule has 4 atom stereocenters. The van der Waals surface area contributed by atoms with Gasteiger partial charge in [-0.3, -0.25) is 14.5 Å². The van der Waals surface area contributed by atoms with E-state index in [1.54, 1.807) is 0 Å². The van der Waals surface area contributed by atoms with Crippen molar-refractivity contribution in [3.8, 4) is 0 Å². The SMILES string of the molecule is O=C(c1ccccc1)[C@H]1CN(CC2CCCO2)C[C@@H](C(=O)c2ccccc2)C1c1ccccc1. The maximum Gasteiger partial charge on any atom is 0.167 e. The number of likely N-dealkylation sites (tertiary alicyclic amines) is 1. The molecule has 4 heteroatoms. The van der Waals surface area contributed by atoms with Crippen molar-refractivity contribution in [3.05, 3.63) is 108 Å². The third kappa shape index (κ3) is 4.89. The summed E-state index contributed by atoms with van der Waals surface area (Å²) in [7, 11) is 0. The number of ketones is 2. The molecule has 4 nitrogen and oxygen atoms in total. The van der Waals surface area contributed by atoms with Crippen molar-refractivity contribution in [3.63, 3.8) is 0 Å². The van der Waals surface area contributed by atoms with Gasteiger partial charge in [0.1, 0.15) is 0 Å². The van der Waals surface area contributed by atoms with Gasteiger partial charge in [-0.2, -0.15) is 0 Å². The lowest BCUT2D eigenvalue weighted by Gasteiger charge is -2.43. The first-order valence-corrected chi connectivity index (χ1v) is 12.3. The number of piperidine rings is 1. The third-order valence-corrected chi connectivity index (χ3v) is 7.24. The Morgan fingerprint density at radius 2 is 1.24 bits per heavy atom. The Balaban J connectivity index is 1.55. The van der Waals surface area contributed by atoms with Crippen LogP contribution in [0.4, 0.5) is 0 Å². The molecule has 2 aliphatic rings. The Labute approximate surface area is 201 Å². The fourth-order valence-corrected chi connectivity index (χ4v) is 5.63. The summed E-state index contributed by atoms with van der Waals surface area (Å²) >= 11 is 0. The maximum atomic E-state index is 13.9. The van der Waals surface area contributed by atoms with E-state index in [1.165, 1.54) is 0 Å². The van der Waals surface area contributed by atoms with Gasteiger partial charge in [-0.1, -0.05) is 91.0 Å². The Kier molecular flexibility index (Phi) is 6.98. The van der Waals surface area contributed by atoms with E-state index < -0.39 is 0 Å². The molecular weight excluding hydrogens is 422 g/mol. The summed E-state index contributed by atoms with van der Waals surface area (Å²) in [6.45, 7) is 2.82. The van der Waals surface area contributed by atoms with Gasteiger partial charge in [0.15, 0.2) is 11.6 Å². The molecule has 2 unspecified atom stereocenters. The van der Waals surface area contributed by atoms with Crippen LogP contribution in [0.2, 0.25) is 0 Å². The fraction of sp³-hybridized carbons (Fsp3) is 0.333. The fourth-order valence-electron chi connectivity index (χ4n) is 5.63. The van der Waals surface area contributed by atoms with E-state index in [-0.39, 0.29) is 35.4 Å². The smallest absolute Gasteiger partial charge is 0.167 e. The molecule has 0 radical (unpaired) electrons. The molecular formula is C30H31NO3. The predicted molar refractivity (Wildman–Crippen MR) is 133 cm³/mol. The lowest BCUT2D eigenvalue weighted by molar-refractivity contribution is 0.0307. The molecule has 2 aliphatic heterocycles. The molecule has 0 amide bonds. The van der Waals surface area contributed by atoms with Crippen LogP contribution in [-0.2, 0) is 4.74 Å². The first kappa shape index (κ1) is 22.7. The van der Waals surface area contributed by atoms with Crippen molar-refractivity contribution >= 4 is 11.6 Å². The molecule has 174 valence electrons. The van der Waals surface area contributed by atoms with E-state index in [1.807, 2.05) is 78.9 Å². The van der Waals surface area contributed by atoms with Crippen LogP contribution in [0.1, 0.15) is 45.0 Å². The molecule has 0 aromatic heterocycles. The molecule has 3 aromatic rings. The van der Waals surface area contributed by atoms with Crippen molar-refractivity contribution in [1.82, 2.24) is 4.90 Å². The quantitative estimate of drug-likeness (QED) is 0.458. The second kappa shape index (κ2) is 10.5. The zero-order valence-electron chi connectivity index (χ0n) is 19.4. The van der Waals surface area contributed by atoms with Crippen LogP contribution in [0.15, 0.2) is 91.0 Å².